The molecule has 0 saturated carbocycles. The van der Waals surface area contributed by atoms with E-state index >= 15 is 0 Å². The van der Waals surface area contributed by atoms with Crippen LogP contribution < -0.4 is 10.6 Å². The molecule has 0 fully saturated rings. The van der Waals surface area contributed by atoms with Gasteiger partial charge in [-0.1, -0.05) is 76.6 Å². The topological polar surface area (TPSA) is 75.3 Å². The molecule has 2 N–H and O–H groups in total. The normalized spacial score (nSPS) is 11.0. The Bertz CT molecular complexity index is 1410. The molecule has 0 saturated heterocycles. The largest absolute Gasteiger partial charge is 0.321 e. The van der Waals surface area contributed by atoms with E-state index in [2.05, 4.69) is 26.6 Å². The number of amides is 2. The zero-order valence-electron chi connectivity index (χ0n) is 19.7. The third kappa shape index (κ3) is 7.77. The van der Waals surface area contributed by atoms with Gasteiger partial charge in [0.15, 0.2) is 5.78 Å². The van der Waals surface area contributed by atoms with E-state index in [1.54, 1.807) is 54.6 Å². The lowest BCUT2D eigenvalue weighted by Gasteiger charge is -2.12. The van der Waals surface area contributed by atoms with E-state index in [1.807, 2.05) is 60.7 Å². The number of carbonyl (C=O) groups excluding carboxylic acids is 3. The number of ketones is 1. The van der Waals surface area contributed by atoms with Gasteiger partial charge in [-0.15, -0.1) is 11.8 Å². The molecule has 0 radical (unpaired) electrons. The average molecular weight is 571 g/mol. The number of thioether (sulfide) groups is 1. The van der Waals surface area contributed by atoms with Crippen molar-refractivity contribution in [2.24, 2.45) is 0 Å². The molecule has 4 aromatic carbocycles. The third-order valence-corrected chi connectivity index (χ3v) is 6.83. The molecule has 184 valence electrons. The average Bonchev–Trinajstić information content (AvgIpc) is 2.93. The van der Waals surface area contributed by atoms with Gasteiger partial charge in [-0.3, -0.25) is 14.4 Å². The van der Waals surface area contributed by atoms with E-state index in [4.69, 9.17) is 0 Å². The maximum Gasteiger partial charge on any atom is 0.272 e. The Kier molecular flexibility index (Phi) is 9.08. The van der Waals surface area contributed by atoms with Gasteiger partial charge in [0.05, 0.1) is 5.75 Å². The smallest absolute Gasteiger partial charge is 0.272 e. The predicted molar refractivity (Wildman–Crippen MR) is 153 cm³/mol. The number of hydrogen-bond donors (Lipinski definition) is 2. The monoisotopic (exact) mass is 570 g/mol. The quantitative estimate of drug-likeness (QED) is 0.131. The van der Waals surface area contributed by atoms with Gasteiger partial charge >= 0.3 is 0 Å². The summed E-state index contributed by atoms with van der Waals surface area (Å²) in [6.45, 7) is 0. The Balaban J connectivity index is 1.42. The summed E-state index contributed by atoms with van der Waals surface area (Å²) in [6, 6.07) is 32.5. The molecule has 7 heteroatoms. The Morgan fingerprint density at radius 1 is 0.730 bits per heavy atom. The molecular formula is C30H23BrN2O3S. The first-order valence-corrected chi connectivity index (χ1v) is 13.2. The summed E-state index contributed by atoms with van der Waals surface area (Å²) in [6.07, 6.45) is 1.63. The first-order valence-electron chi connectivity index (χ1n) is 11.4. The first-order chi connectivity index (χ1) is 18.0. The van der Waals surface area contributed by atoms with Gasteiger partial charge < -0.3 is 10.6 Å². The Hall–Kier alpha value is -3.94. The summed E-state index contributed by atoms with van der Waals surface area (Å²) in [5.74, 6) is -0.471. The Labute approximate surface area is 228 Å². The van der Waals surface area contributed by atoms with Crippen LogP contribution in [0.4, 0.5) is 5.69 Å². The summed E-state index contributed by atoms with van der Waals surface area (Å²) < 4.78 is 0.927. The summed E-state index contributed by atoms with van der Waals surface area (Å²) in [5, 5.41) is 5.57. The summed E-state index contributed by atoms with van der Waals surface area (Å²) in [4.78, 5) is 39.2. The molecule has 0 unspecified atom stereocenters. The van der Waals surface area contributed by atoms with Crippen LogP contribution in [-0.4, -0.2) is 23.4 Å². The lowest BCUT2D eigenvalue weighted by atomic mass is 10.1. The molecule has 5 nitrogen and oxygen atoms in total. The van der Waals surface area contributed by atoms with Crippen molar-refractivity contribution in [2.45, 2.75) is 4.90 Å². The van der Waals surface area contributed by atoms with E-state index < -0.39 is 5.91 Å². The van der Waals surface area contributed by atoms with Crippen molar-refractivity contribution in [3.05, 3.63) is 136 Å². The van der Waals surface area contributed by atoms with Crippen molar-refractivity contribution >= 4 is 57.1 Å². The minimum atomic E-state index is -0.445. The number of benzene rings is 4. The van der Waals surface area contributed by atoms with Crippen molar-refractivity contribution < 1.29 is 14.4 Å². The number of nitrogens with one attached hydrogen (secondary N) is 2. The molecule has 4 rings (SSSR count). The molecule has 0 aliphatic heterocycles. The lowest BCUT2D eigenvalue weighted by Crippen LogP contribution is -2.30. The fraction of sp³-hybridized carbons (Fsp3) is 0.0333. The summed E-state index contributed by atoms with van der Waals surface area (Å²) in [5.41, 5.74) is 2.59. The fourth-order valence-corrected chi connectivity index (χ4v) is 4.42. The van der Waals surface area contributed by atoms with Crippen LogP contribution in [0.15, 0.2) is 124 Å². The van der Waals surface area contributed by atoms with Crippen LogP contribution >= 0.6 is 27.7 Å². The SMILES string of the molecule is O=C(Nc1ccc(SCC(=O)c2ccc(Br)cc2)cc1)/C(=C/c1ccccc1)NC(=O)c1ccccc1. The van der Waals surface area contributed by atoms with Gasteiger partial charge in [0, 0.05) is 26.2 Å². The molecule has 0 heterocycles. The predicted octanol–water partition coefficient (Wildman–Crippen LogP) is 6.83. The standard InChI is InChI=1S/C30H23BrN2O3S/c31-24-13-11-22(12-14-24)28(34)20-37-26-17-15-25(16-18-26)32-30(36)27(19-21-7-3-1-4-8-21)33-29(35)23-9-5-2-6-10-23/h1-19H,20H2,(H,32,36)(H,33,35)/b27-19-. The third-order valence-electron chi connectivity index (χ3n) is 5.29. The van der Waals surface area contributed by atoms with Crippen LogP contribution in [0.25, 0.3) is 6.08 Å². The number of rotatable bonds is 9. The van der Waals surface area contributed by atoms with Gasteiger partial charge in [0.1, 0.15) is 5.70 Å². The first kappa shape index (κ1) is 26.1. The zero-order valence-corrected chi connectivity index (χ0v) is 22.1. The number of hydrogen-bond acceptors (Lipinski definition) is 4. The lowest BCUT2D eigenvalue weighted by molar-refractivity contribution is -0.113. The van der Waals surface area contributed by atoms with Gasteiger partial charge in [-0.05, 0) is 60.2 Å². The highest BCUT2D eigenvalue weighted by atomic mass is 79.9. The molecule has 0 spiro atoms. The van der Waals surface area contributed by atoms with Gasteiger partial charge in [0.25, 0.3) is 11.8 Å². The molecule has 4 aromatic rings. The molecular weight excluding hydrogens is 548 g/mol. The zero-order chi connectivity index (χ0) is 26.0. The van der Waals surface area contributed by atoms with Crippen molar-refractivity contribution in [2.75, 3.05) is 11.1 Å². The van der Waals surface area contributed by atoms with Gasteiger partial charge in [-0.25, -0.2) is 0 Å². The van der Waals surface area contributed by atoms with E-state index in [-0.39, 0.29) is 17.4 Å². The molecule has 0 aromatic heterocycles. The van der Waals surface area contributed by atoms with Crippen LogP contribution in [0.2, 0.25) is 0 Å². The van der Waals surface area contributed by atoms with E-state index in [0.717, 1.165) is 14.9 Å². The number of anilines is 1. The second kappa shape index (κ2) is 12.9. The number of Topliss-reactive ketones (excluding diaryl/α,β-unsaturated/α-hetero) is 1. The highest BCUT2D eigenvalue weighted by Crippen LogP contribution is 2.22. The Morgan fingerprint density at radius 2 is 1.35 bits per heavy atom. The second-order valence-electron chi connectivity index (χ2n) is 7.99. The number of carbonyl (C=O) groups is 3. The van der Waals surface area contributed by atoms with E-state index in [1.165, 1.54) is 11.8 Å². The maximum atomic E-state index is 13.1. The molecule has 0 aliphatic carbocycles. The highest BCUT2D eigenvalue weighted by molar-refractivity contribution is 9.10. The minimum Gasteiger partial charge on any atom is -0.321 e. The van der Waals surface area contributed by atoms with Crippen LogP contribution in [0.5, 0.6) is 0 Å². The summed E-state index contributed by atoms with van der Waals surface area (Å²) in [7, 11) is 0. The number of halogens is 1. The second-order valence-corrected chi connectivity index (χ2v) is 9.95. The molecule has 0 atom stereocenters. The summed E-state index contributed by atoms with van der Waals surface area (Å²) >= 11 is 4.80. The van der Waals surface area contributed by atoms with Crippen molar-refractivity contribution in [3.63, 3.8) is 0 Å². The van der Waals surface area contributed by atoms with Gasteiger partial charge in [0.2, 0.25) is 0 Å². The minimum absolute atomic E-state index is 0.0414. The molecule has 0 aliphatic rings. The van der Waals surface area contributed by atoms with Crippen LogP contribution in [-0.2, 0) is 4.79 Å². The van der Waals surface area contributed by atoms with E-state index in [0.29, 0.717) is 22.6 Å². The molecule has 0 bridgehead atoms. The van der Waals surface area contributed by atoms with E-state index in [9.17, 15) is 14.4 Å². The molecule has 2 amide bonds. The maximum absolute atomic E-state index is 13.1. The van der Waals surface area contributed by atoms with Crippen molar-refractivity contribution in [1.82, 2.24) is 5.32 Å². The van der Waals surface area contributed by atoms with Gasteiger partial charge in [-0.2, -0.15) is 0 Å². The Morgan fingerprint density at radius 3 is 2.00 bits per heavy atom. The van der Waals surface area contributed by atoms with Crippen molar-refractivity contribution in [1.29, 1.82) is 0 Å². The fourth-order valence-electron chi connectivity index (χ4n) is 3.36. The van der Waals surface area contributed by atoms with Crippen LogP contribution in [0.1, 0.15) is 26.3 Å². The van der Waals surface area contributed by atoms with Crippen LogP contribution in [0.3, 0.4) is 0 Å². The van der Waals surface area contributed by atoms with Crippen LogP contribution in [0, 0.1) is 0 Å². The molecule has 37 heavy (non-hydrogen) atoms. The van der Waals surface area contributed by atoms with Crippen molar-refractivity contribution in [3.8, 4) is 0 Å². The highest BCUT2D eigenvalue weighted by Gasteiger charge is 2.15.